The van der Waals surface area contributed by atoms with Crippen LogP contribution in [0.5, 0.6) is 11.5 Å². The Labute approximate surface area is 192 Å². The van der Waals surface area contributed by atoms with Gasteiger partial charge in [-0.2, -0.15) is 0 Å². The molecule has 0 amide bonds. The number of hydrogen-bond acceptors (Lipinski definition) is 7. The fourth-order valence-corrected chi connectivity index (χ4v) is 3.95. The number of aryl methyl sites for hydroxylation is 1. The molecule has 1 aliphatic rings. The van der Waals surface area contributed by atoms with Gasteiger partial charge in [0, 0.05) is 50.5 Å². The summed E-state index contributed by atoms with van der Waals surface area (Å²) in [5.74, 6) is 1.35. The van der Waals surface area contributed by atoms with Crippen LogP contribution in [-0.4, -0.2) is 86.0 Å². The molecule has 1 aromatic carbocycles. The molecule has 0 radical (unpaired) electrons. The van der Waals surface area contributed by atoms with E-state index in [-0.39, 0.29) is 6.61 Å². The first-order valence-corrected chi connectivity index (χ1v) is 11.6. The predicted octanol–water partition coefficient (Wildman–Crippen LogP) is 2.11. The van der Waals surface area contributed by atoms with Crippen molar-refractivity contribution in [2.45, 2.75) is 32.4 Å². The summed E-state index contributed by atoms with van der Waals surface area (Å²) < 4.78 is 11.4. The zero-order valence-electron chi connectivity index (χ0n) is 19.7. The molecule has 1 aliphatic heterocycles. The highest BCUT2D eigenvalue weighted by Gasteiger charge is 2.17. The largest absolute Gasteiger partial charge is 0.493 e. The second-order valence-electron chi connectivity index (χ2n) is 8.60. The molecule has 1 aromatic heterocycles. The average molecular weight is 443 g/mol. The first kappa shape index (κ1) is 24.5. The van der Waals surface area contributed by atoms with Crippen molar-refractivity contribution in [3.8, 4) is 11.5 Å². The van der Waals surface area contributed by atoms with E-state index in [0.717, 1.165) is 69.1 Å². The summed E-state index contributed by atoms with van der Waals surface area (Å²) in [6.07, 6.45) is 1.48. The molecule has 7 heteroatoms. The third-order valence-corrected chi connectivity index (χ3v) is 5.77. The summed E-state index contributed by atoms with van der Waals surface area (Å²) in [6, 6.07) is 12.1. The first-order valence-electron chi connectivity index (χ1n) is 11.6. The molecule has 3 rings (SSSR count). The quantitative estimate of drug-likeness (QED) is 0.517. The molecule has 0 bridgehead atoms. The number of methoxy groups -OCH3 is 1. The van der Waals surface area contributed by atoms with Crippen molar-refractivity contribution < 1.29 is 14.6 Å². The molecule has 0 spiro atoms. The number of β-amino-alcohol motifs (C(OH)–C–C–N with tert-alkyl or cyclic N) is 1. The summed E-state index contributed by atoms with van der Waals surface area (Å²) in [7, 11) is 3.79. The van der Waals surface area contributed by atoms with E-state index in [1.807, 2.05) is 37.3 Å². The van der Waals surface area contributed by atoms with Crippen molar-refractivity contribution in [1.82, 2.24) is 20.1 Å². The lowest BCUT2D eigenvalue weighted by Crippen LogP contribution is -2.37. The minimum Gasteiger partial charge on any atom is -0.493 e. The zero-order chi connectivity index (χ0) is 22.8. The molecule has 2 heterocycles. The molecule has 7 nitrogen and oxygen atoms in total. The van der Waals surface area contributed by atoms with Crippen LogP contribution in [0.3, 0.4) is 0 Å². The number of hydrogen-bond donors (Lipinski definition) is 2. The Kier molecular flexibility index (Phi) is 9.74. The fourth-order valence-electron chi connectivity index (χ4n) is 3.95. The van der Waals surface area contributed by atoms with E-state index >= 15 is 0 Å². The van der Waals surface area contributed by atoms with E-state index in [1.165, 1.54) is 0 Å². The van der Waals surface area contributed by atoms with Crippen molar-refractivity contribution in [1.29, 1.82) is 0 Å². The molecule has 1 saturated heterocycles. The second kappa shape index (κ2) is 12.7. The molecule has 1 fully saturated rings. The van der Waals surface area contributed by atoms with Crippen LogP contribution in [0.1, 0.15) is 23.4 Å². The Morgan fingerprint density at radius 2 is 2.00 bits per heavy atom. The smallest absolute Gasteiger partial charge is 0.161 e. The van der Waals surface area contributed by atoms with Crippen molar-refractivity contribution in [3.63, 3.8) is 0 Å². The Bertz CT molecular complexity index is 833. The van der Waals surface area contributed by atoms with Gasteiger partial charge in [0.2, 0.25) is 0 Å². The van der Waals surface area contributed by atoms with Gasteiger partial charge in [-0.1, -0.05) is 12.1 Å². The van der Waals surface area contributed by atoms with E-state index in [4.69, 9.17) is 9.47 Å². The Morgan fingerprint density at radius 3 is 2.81 bits per heavy atom. The first-order chi connectivity index (χ1) is 15.5. The number of pyridine rings is 1. The maximum atomic E-state index is 10.5. The van der Waals surface area contributed by atoms with Gasteiger partial charge in [0.05, 0.1) is 7.11 Å². The summed E-state index contributed by atoms with van der Waals surface area (Å²) in [5, 5.41) is 14.0. The molecule has 2 N–H and O–H groups in total. The number of aromatic nitrogens is 1. The Hall–Kier alpha value is -2.19. The maximum absolute atomic E-state index is 10.5. The summed E-state index contributed by atoms with van der Waals surface area (Å²) in [4.78, 5) is 9.20. The molecule has 0 aliphatic carbocycles. The molecular formula is C25H38N4O3. The fraction of sp³-hybridized carbons (Fsp3) is 0.560. The van der Waals surface area contributed by atoms with Crippen molar-refractivity contribution in [3.05, 3.63) is 53.3 Å². The van der Waals surface area contributed by atoms with Crippen LogP contribution in [0.15, 0.2) is 36.4 Å². The Morgan fingerprint density at radius 1 is 1.12 bits per heavy atom. The number of benzene rings is 1. The Balaban J connectivity index is 1.46. The van der Waals surface area contributed by atoms with Gasteiger partial charge in [-0.25, -0.2) is 0 Å². The molecule has 0 unspecified atom stereocenters. The predicted molar refractivity (Wildman–Crippen MR) is 127 cm³/mol. The number of nitrogens with zero attached hydrogens (tertiary/aromatic N) is 3. The lowest BCUT2D eigenvalue weighted by atomic mass is 10.2. The number of aliphatic hydroxyl groups excluding tert-OH is 1. The normalized spacial score (nSPS) is 16.5. The number of likely N-dealkylation sites (N-methyl/N-ethyl adjacent to an activating group) is 1. The van der Waals surface area contributed by atoms with E-state index in [1.54, 1.807) is 7.11 Å². The van der Waals surface area contributed by atoms with Crippen LogP contribution in [0.25, 0.3) is 0 Å². The molecule has 32 heavy (non-hydrogen) atoms. The summed E-state index contributed by atoms with van der Waals surface area (Å²) >= 11 is 0. The van der Waals surface area contributed by atoms with Crippen molar-refractivity contribution >= 4 is 0 Å². The molecule has 2 aromatic rings. The van der Waals surface area contributed by atoms with E-state index in [9.17, 15) is 5.11 Å². The van der Waals surface area contributed by atoms with Gasteiger partial charge >= 0.3 is 0 Å². The van der Waals surface area contributed by atoms with E-state index in [0.29, 0.717) is 18.0 Å². The van der Waals surface area contributed by atoms with Gasteiger partial charge < -0.3 is 24.8 Å². The third-order valence-electron chi connectivity index (χ3n) is 5.77. The summed E-state index contributed by atoms with van der Waals surface area (Å²) in [5.41, 5.74) is 3.26. The number of nitrogens with one attached hydrogen (secondary N) is 1. The third kappa shape index (κ3) is 8.06. The average Bonchev–Trinajstić information content (AvgIpc) is 2.99. The van der Waals surface area contributed by atoms with Gasteiger partial charge in [-0.3, -0.25) is 9.88 Å². The maximum Gasteiger partial charge on any atom is 0.161 e. The van der Waals surface area contributed by atoms with Crippen LogP contribution in [0.2, 0.25) is 0 Å². The van der Waals surface area contributed by atoms with Crippen LogP contribution < -0.4 is 14.8 Å². The van der Waals surface area contributed by atoms with Gasteiger partial charge in [0.1, 0.15) is 12.7 Å². The minimum absolute atomic E-state index is 0.249. The lowest BCUT2D eigenvalue weighted by molar-refractivity contribution is 0.0685. The molecule has 176 valence electrons. The number of rotatable bonds is 11. The number of ether oxygens (including phenoxy) is 2. The summed E-state index contributed by atoms with van der Waals surface area (Å²) in [6.45, 7) is 8.62. The van der Waals surface area contributed by atoms with Gasteiger partial charge in [0.25, 0.3) is 0 Å². The molecule has 0 saturated carbocycles. The monoisotopic (exact) mass is 442 g/mol. The molecule has 1 atom stereocenters. The highest BCUT2D eigenvalue weighted by atomic mass is 16.5. The van der Waals surface area contributed by atoms with Gasteiger partial charge in [0.15, 0.2) is 11.5 Å². The van der Waals surface area contributed by atoms with E-state index < -0.39 is 6.10 Å². The minimum atomic E-state index is -0.535. The zero-order valence-corrected chi connectivity index (χ0v) is 19.7. The molecular weight excluding hydrogens is 404 g/mol. The SMILES string of the molecule is COc1ccc(CNCCc2cccc(C)n2)cc1OC[C@@H](O)CN1CCCN(C)CC1. The van der Waals surface area contributed by atoms with Gasteiger partial charge in [-0.05, 0) is 63.3 Å². The van der Waals surface area contributed by atoms with Crippen LogP contribution in [0.4, 0.5) is 0 Å². The van der Waals surface area contributed by atoms with Gasteiger partial charge in [-0.15, -0.1) is 0 Å². The van der Waals surface area contributed by atoms with Crippen LogP contribution in [-0.2, 0) is 13.0 Å². The highest BCUT2D eigenvalue weighted by molar-refractivity contribution is 5.43. The van der Waals surface area contributed by atoms with Crippen LogP contribution >= 0.6 is 0 Å². The van der Waals surface area contributed by atoms with E-state index in [2.05, 4.69) is 33.2 Å². The standard InChI is InChI=1S/C25H38N4O3/c1-20-6-4-7-22(27-20)10-11-26-17-21-8-9-24(31-3)25(16-21)32-19-23(30)18-29-13-5-12-28(2)14-15-29/h4,6-9,16,23,26,30H,5,10-15,17-19H2,1-3H3/t23-/m0/s1. The van der Waals surface area contributed by atoms with Crippen LogP contribution in [0, 0.1) is 6.92 Å². The second-order valence-corrected chi connectivity index (χ2v) is 8.60. The topological polar surface area (TPSA) is 70.1 Å². The lowest BCUT2D eigenvalue weighted by Gasteiger charge is -2.23. The van der Waals surface area contributed by atoms with Crippen molar-refractivity contribution in [2.24, 2.45) is 0 Å². The van der Waals surface area contributed by atoms with Crippen molar-refractivity contribution in [2.75, 3.05) is 60.0 Å². The highest BCUT2D eigenvalue weighted by Crippen LogP contribution is 2.28. The number of aliphatic hydroxyl groups is 1.